The monoisotopic (exact) mass is 405 g/mol. The van der Waals surface area contributed by atoms with Crippen LogP contribution in [0, 0.1) is 6.92 Å². The van der Waals surface area contributed by atoms with E-state index in [9.17, 15) is 4.79 Å². The summed E-state index contributed by atoms with van der Waals surface area (Å²) in [5.74, 6) is 0.122. The highest BCUT2D eigenvalue weighted by Gasteiger charge is 2.13. The molecule has 5 aromatic rings. The number of hydrogen-bond acceptors (Lipinski definition) is 6. The average molecular weight is 406 g/mol. The number of aryl methyl sites for hydroxylation is 1. The van der Waals surface area contributed by atoms with Gasteiger partial charge in [-0.2, -0.15) is 0 Å². The summed E-state index contributed by atoms with van der Waals surface area (Å²) < 4.78 is 3.05. The second kappa shape index (κ2) is 6.88. The van der Waals surface area contributed by atoms with Gasteiger partial charge < -0.3 is 5.32 Å². The first-order valence-corrected chi connectivity index (χ1v) is 10.5. The highest BCUT2D eigenvalue weighted by Crippen LogP contribution is 2.27. The number of carbonyl (C=O) groups is 1. The summed E-state index contributed by atoms with van der Waals surface area (Å²) in [4.78, 5) is 16.9. The van der Waals surface area contributed by atoms with Crippen molar-refractivity contribution in [2.24, 2.45) is 0 Å². The molecule has 0 aliphatic rings. The van der Waals surface area contributed by atoms with E-state index in [4.69, 9.17) is 0 Å². The first kappa shape index (κ1) is 17.2. The molecule has 0 aliphatic carbocycles. The third-order valence-corrected chi connectivity index (χ3v) is 6.23. The van der Waals surface area contributed by atoms with Gasteiger partial charge in [0.1, 0.15) is 0 Å². The summed E-state index contributed by atoms with van der Waals surface area (Å²) in [6.45, 7) is 2.04. The highest BCUT2D eigenvalue weighted by atomic mass is 32.2. The second-order valence-corrected chi connectivity index (χ2v) is 8.37. The van der Waals surface area contributed by atoms with Crippen molar-refractivity contribution in [2.45, 2.75) is 12.1 Å². The van der Waals surface area contributed by atoms with Gasteiger partial charge in [0.05, 0.1) is 21.5 Å². The highest BCUT2D eigenvalue weighted by molar-refractivity contribution is 7.99. The molecule has 0 saturated carbocycles. The molecule has 1 amide bonds. The van der Waals surface area contributed by atoms with Gasteiger partial charge in [0, 0.05) is 0 Å². The normalized spacial score (nSPS) is 11.5. The molecule has 1 N–H and O–H groups in total. The molecule has 0 saturated heterocycles. The van der Waals surface area contributed by atoms with Crippen LogP contribution < -0.4 is 5.32 Å². The smallest absolute Gasteiger partial charge is 0.236 e. The van der Waals surface area contributed by atoms with Crippen LogP contribution in [-0.2, 0) is 4.79 Å². The topological polar surface area (TPSA) is 72.2 Å². The van der Waals surface area contributed by atoms with E-state index in [1.54, 1.807) is 0 Å². The van der Waals surface area contributed by atoms with E-state index < -0.39 is 0 Å². The number of amides is 1. The number of nitrogens with zero attached hydrogens (tertiary/aromatic N) is 4. The molecule has 0 radical (unpaired) electrons. The number of rotatable bonds is 4. The fourth-order valence-electron chi connectivity index (χ4n) is 3.08. The minimum Gasteiger partial charge on any atom is -0.301 e. The molecule has 0 aliphatic heterocycles. The number of nitrogens with one attached hydrogen (secondary N) is 1. The third-order valence-electron chi connectivity index (χ3n) is 4.37. The Morgan fingerprint density at radius 3 is 2.96 bits per heavy atom. The van der Waals surface area contributed by atoms with E-state index in [-0.39, 0.29) is 11.7 Å². The molecule has 2 aromatic carbocycles. The summed E-state index contributed by atoms with van der Waals surface area (Å²) in [5, 5.41) is 13.8. The van der Waals surface area contributed by atoms with Crippen LogP contribution in [0.5, 0.6) is 0 Å². The quantitative estimate of drug-likeness (QED) is 0.445. The molecular formula is C20H15N5OS2. The van der Waals surface area contributed by atoms with Gasteiger partial charge in [0.15, 0.2) is 15.9 Å². The van der Waals surface area contributed by atoms with E-state index in [0.29, 0.717) is 10.3 Å². The number of pyridine rings is 1. The first-order valence-electron chi connectivity index (χ1n) is 8.70. The zero-order valence-electron chi connectivity index (χ0n) is 14.9. The fraction of sp³-hybridized carbons (Fsp3) is 0.100. The van der Waals surface area contributed by atoms with Crippen molar-refractivity contribution in [3.8, 4) is 0 Å². The molecule has 0 atom stereocenters. The first-order chi connectivity index (χ1) is 13.7. The van der Waals surface area contributed by atoms with Crippen LogP contribution in [0.3, 0.4) is 0 Å². The maximum Gasteiger partial charge on any atom is 0.236 e. The number of benzene rings is 2. The van der Waals surface area contributed by atoms with Crippen molar-refractivity contribution in [3.05, 3.63) is 60.2 Å². The number of thioether (sulfide) groups is 1. The van der Waals surface area contributed by atoms with Crippen molar-refractivity contribution >= 4 is 60.9 Å². The maximum absolute atomic E-state index is 12.4. The van der Waals surface area contributed by atoms with Gasteiger partial charge in [0.2, 0.25) is 5.91 Å². The molecule has 8 heteroatoms. The Hall–Kier alpha value is -2.97. The van der Waals surface area contributed by atoms with Crippen LogP contribution in [-0.4, -0.2) is 31.2 Å². The van der Waals surface area contributed by atoms with Crippen LogP contribution in [0.15, 0.2) is 59.8 Å². The van der Waals surface area contributed by atoms with Gasteiger partial charge in [-0.15, -0.1) is 10.2 Å². The summed E-state index contributed by atoms with van der Waals surface area (Å²) in [7, 11) is 0. The molecule has 28 heavy (non-hydrogen) atoms. The zero-order chi connectivity index (χ0) is 19.1. The van der Waals surface area contributed by atoms with Gasteiger partial charge in [0.25, 0.3) is 0 Å². The predicted molar refractivity (Wildman–Crippen MR) is 114 cm³/mol. The zero-order valence-corrected chi connectivity index (χ0v) is 16.5. The fourth-order valence-corrected chi connectivity index (χ4v) is 4.81. The van der Waals surface area contributed by atoms with Crippen LogP contribution in [0.25, 0.3) is 26.8 Å². The van der Waals surface area contributed by atoms with Gasteiger partial charge in [-0.25, -0.2) is 4.98 Å². The Labute approximate surface area is 168 Å². The number of aromatic nitrogens is 4. The molecule has 0 spiro atoms. The predicted octanol–water partition coefficient (Wildman–Crippen LogP) is 4.53. The number of para-hydroxylation sites is 1. The largest absolute Gasteiger partial charge is 0.301 e. The van der Waals surface area contributed by atoms with Crippen molar-refractivity contribution in [2.75, 3.05) is 11.1 Å². The summed E-state index contributed by atoms with van der Waals surface area (Å²) in [6.07, 6.45) is 0. The van der Waals surface area contributed by atoms with Crippen LogP contribution in [0.2, 0.25) is 0 Å². The lowest BCUT2D eigenvalue weighted by atomic mass is 10.2. The van der Waals surface area contributed by atoms with Gasteiger partial charge in [-0.3, -0.25) is 9.20 Å². The van der Waals surface area contributed by atoms with Gasteiger partial charge in [-0.05, 0) is 48.2 Å². The van der Waals surface area contributed by atoms with E-state index in [0.717, 1.165) is 26.8 Å². The molecular weight excluding hydrogens is 390 g/mol. The molecule has 0 unspecified atom stereocenters. The lowest BCUT2D eigenvalue weighted by Crippen LogP contribution is -2.14. The molecule has 6 nitrogen and oxygen atoms in total. The Morgan fingerprint density at radius 2 is 2.04 bits per heavy atom. The van der Waals surface area contributed by atoms with E-state index >= 15 is 0 Å². The minimum atomic E-state index is -0.113. The lowest BCUT2D eigenvalue weighted by molar-refractivity contribution is -0.113. The molecule has 138 valence electrons. The maximum atomic E-state index is 12.4. The standard InChI is InChI=1S/C20H15N5OS2/c1-12-6-8-14-16(10-12)28-19(21-14)22-18(26)11-27-20-24-23-17-9-7-13-4-2-3-5-15(13)25(17)20/h2-10H,11H2,1H3,(H,21,22,26). The number of fused-ring (bicyclic) bond motifs is 4. The number of carbonyl (C=O) groups excluding carboxylic acids is 1. The minimum absolute atomic E-state index is 0.113. The van der Waals surface area contributed by atoms with Gasteiger partial charge >= 0.3 is 0 Å². The van der Waals surface area contributed by atoms with Crippen LogP contribution in [0.1, 0.15) is 5.56 Å². The molecule has 3 aromatic heterocycles. The Kier molecular flexibility index (Phi) is 4.22. The van der Waals surface area contributed by atoms with E-state index in [1.165, 1.54) is 28.7 Å². The number of thiazole rings is 1. The van der Waals surface area contributed by atoms with Crippen molar-refractivity contribution in [1.82, 2.24) is 19.6 Å². The number of anilines is 1. The van der Waals surface area contributed by atoms with Crippen molar-refractivity contribution < 1.29 is 4.79 Å². The summed E-state index contributed by atoms with van der Waals surface area (Å²) in [6, 6.07) is 18.1. The third kappa shape index (κ3) is 3.10. The number of hydrogen-bond donors (Lipinski definition) is 1. The average Bonchev–Trinajstić information content (AvgIpc) is 3.29. The second-order valence-electron chi connectivity index (χ2n) is 6.40. The SMILES string of the molecule is Cc1ccc2nc(NC(=O)CSc3nnc4ccc5ccccc5n34)sc2c1. The Bertz CT molecular complexity index is 1340. The molecule has 0 fully saturated rings. The van der Waals surface area contributed by atoms with Crippen molar-refractivity contribution in [3.63, 3.8) is 0 Å². The van der Waals surface area contributed by atoms with E-state index in [2.05, 4.69) is 26.6 Å². The Balaban J connectivity index is 1.35. The summed E-state index contributed by atoms with van der Waals surface area (Å²) in [5.41, 5.74) is 3.86. The van der Waals surface area contributed by atoms with E-state index in [1.807, 2.05) is 59.9 Å². The van der Waals surface area contributed by atoms with Crippen molar-refractivity contribution in [1.29, 1.82) is 0 Å². The molecule has 0 bridgehead atoms. The molecule has 3 heterocycles. The lowest BCUT2D eigenvalue weighted by Gasteiger charge is -2.04. The Morgan fingerprint density at radius 1 is 1.14 bits per heavy atom. The van der Waals surface area contributed by atoms with Crippen LogP contribution in [0.4, 0.5) is 5.13 Å². The van der Waals surface area contributed by atoms with Gasteiger partial charge in [-0.1, -0.05) is 47.4 Å². The van der Waals surface area contributed by atoms with Crippen LogP contribution >= 0.6 is 23.1 Å². The molecule has 5 rings (SSSR count). The summed E-state index contributed by atoms with van der Waals surface area (Å²) >= 11 is 2.84.